The Morgan fingerprint density at radius 2 is 0.810 bits per heavy atom. The lowest BCUT2D eigenvalue weighted by molar-refractivity contribution is 0.660. The number of hydrogen-bond acceptors (Lipinski definition) is 1. The summed E-state index contributed by atoms with van der Waals surface area (Å²) in [5.41, 5.74) is 22.6. The van der Waals surface area contributed by atoms with Gasteiger partial charge in [0.15, 0.2) is 0 Å². The van der Waals surface area contributed by atoms with Gasteiger partial charge in [-0.25, -0.2) is 0 Å². The first-order chi connectivity index (χ1) is 30.7. The third-order valence-electron chi connectivity index (χ3n) is 14.6. The molecule has 1 spiro atoms. The molecular formula is C61H49NS. The summed E-state index contributed by atoms with van der Waals surface area (Å²) in [7, 11) is -1.28. The summed E-state index contributed by atoms with van der Waals surface area (Å²) in [4.78, 5) is 5.47. The van der Waals surface area contributed by atoms with E-state index in [0.29, 0.717) is 0 Å². The van der Waals surface area contributed by atoms with Crippen LogP contribution in [0.15, 0.2) is 216 Å². The molecule has 0 radical (unpaired) electrons. The first kappa shape index (κ1) is 37.9. The second kappa shape index (κ2) is 13.8. The minimum absolute atomic E-state index is 0.132. The molecule has 0 N–H and O–H groups in total. The Hall–Kier alpha value is -6.87. The molecule has 0 saturated carbocycles. The van der Waals surface area contributed by atoms with Crippen LogP contribution in [0.3, 0.4) is 0 Å². The number of rotatable bonds is 5. The molecule has 0 unspecified atom stereocenters. The van der Waals surface area contributed by atoms with Crippen molar-refractivity contribution in [1.29, 1.82) is 0 Å². The molecule has 0 amide bonds. The Bertz CT molecular complexity index is 3250. The van der Waals surface area contributed by atoms with Gasteiger partial charge < -0.3 is 4.90 Å². The van der Waals surface area contributed by atoms with Crippen LogP contribution in [0.5, 0.6) is 0 Å². The molecule has 12 rings (SSSR count). The number of fused-ring (bicyclic) bond motifs is 12. The zero-order valence-electron chi connectivity index (χ0n) is 36.5. The SMILES string of the molecule is Cc1cc(-c2ccc(-c3ccccc3)cc2)ccc1N(c1ccc2c(c1)C(C)(C)c1ccccc1-2)c1ccc2c(c1)C1(c3ccccc3-2)c2ccccc2S(C)(C)c2ccccc21. The summed E-state index contributed by atoms with van der Waals surface area (Å²) in [5.74, 6) is 0. The van der Waals surface area contributed by atoms with Crippen molar-refractivity contribution in [3.05, 3.63) is 245 Å². The van der Waals surface area contributed by atoms with Crippen molar-refractivity contribution < 1.29 is 0 Å². The highest BCUT2D eigenvalue weighted by Gasteiger charge is 2.52. The average Bonchev–Trinajstić information content (AvgIpc) is 3.74. The Labute approximate surface area is 373 Å². The van der Waals surface area contributed by atoms with Gasteiger partial charge in [0, 0.05) is 22.5 Å². The van der Waals surface area contributed by atoms with Gasteiger partial charge in [0.05, 0.1) is 5.41 Å². The average molecular weight is 828 g/mol. The van der Waals surface area contributed by atoms with Crippen LogP contribution in [-0.2, 0) is 10.8 Å². The Morgan fingerprint density at radius 1 is 0.365 bits per heavy atom. The highest BCUT2D eigenvalue weighted by atomic mass is 32.3. The maximum atomic E-state index is 2.54. The summed E-state index contributed by atoms with van der Waals surface area (Å²) < 4.78 is 0. The summed E-state index contributed by atoms with van der Waals surface area (Å²) in [6, 6.07) is 78.0. The lowest BCUT2D eigenvalue weighted by Crippen LogP contribution is -2.34. The number of anilines is 3. The fraction of sp³-hybridized carbons (Fsp3) is 0.115. The molecule has 304 valence electrons. The van der Waals surface area contributed by atoms with Gasteiger partial charge in [-0.3, -0.25) is 0 Å². The highest BCUT2D eigenvalue weighted by Crippen LogP contribution is 2.71. The Morgan fingerprint density at radius 3 is 1.43 bits per heavy atom. The van der Waals surface area contributed by atoms with Crippen LogP contribution in [0.4, 0.5) is 17.1 Å². The fourth-order valence-corrected chi connectivity index (χ4v) is 14.1. The molecule has 3 aliphatic rings. The highest BCUT2D eigenvalue weighted by molar-refractivity contribution is 8.32. The molecule has 0 atom stereocenters. The molecule has 63 heavy (non-hydrogen) atoms. The van der Waals surface area contributed by atoms with Crippen LogP contribution < -0.4 is 4.90 Å². The van der Waals surface area contributed by atoms with Crippen LogP contribution in [0, 0.1) is 6.92 Å². The van der Waals surface area contributed by atoms with Gasteiger partial charge in [-0.1, -0.05) is 172 Å². The minimum Gasteiger partial charge on any atom is -0.310 e. The number of benzene rings is 9. The number of nitrogens with zero attached hydrogens (tertiary/aromatic N) is 1. The minimum atomic E-state index is -1.28. The molecule has 0 saturated heterocycles. The normalized spacial score (nSPS) is 15.6. The maximum absolute atomic E-state index is 2.54. The molecule has 1 aliphatic heterocycles. The predicted molar refractivity (Wildman–Crippen MR) is 268 cm³/mol. The second-order valence-electron chi connectivity index (χ2n) is 18.5. The standard InChI is InChI=1S/C61H49NS/c1-40-37-44(43-29-27-42(28-30-43)41-17-7-6-8-18-41)31-36-57(40)62(45-32-34-49-47-19-9-11-21-51(47)60(2,3)55(49)38-45)46-33-35-50-48-20-10-12-22-52(48)61(56(50)39-46)53-23-13-15-25-58(53)63(4,5)59-26-16-14-24-54(59)61/h6-39H,1-5H3. The molecule has 1 nitrogen and oxygen atoms in total. The van der Waals surface area contributed by atoms with Gasteiger partial charge in [0.2, 0.25) is 0 Å². The summed E-state index contributed by atoms with van der Waals surface area (Å²) in [6.07, 6.45) is 4.96. The predicted octanol–water partition coefficient (Wildman–Crippen LogP) is 16.3. The van der Waals surface area contributed by atoms with E-state index in [2.05, 4.69) is 244 Å². The lowest BCUT2D eigenvalue weighted by atomic mass is 9.67. The molecule has 9 aromatic rings. The molecule has 2 aliphatic carbocycles. The van der Waals surface area contributed by atoms with E-state index >= 15 is 0 Å². The van der Waals surface area contributed by atoms with Crippen molar-refractivity contribution in [1.82, 2.24) is 0 Å². The van der Waals surface area contributed by atoms with E-state index in [1.54, 1.807) is 0 Å². The zero-order valence-corrected chi connectivity index (χ0v) is 37.3. The summed E-state index contributed by atoms with van der Waals surface area (Å²) in [6.45, 7) is 7.04. The van der Waals surface area contributed by atoms with Crippen LogP contribution in [0.2, 0.25) is 0 Å². The fourth-order valence-electron chi connectivity index (χ4n) is 11.5. The molecule has 1 heterocycles. The maximum Gasteiger partial charge on any atom is 0.0735 e. The zero-order chi connectivity index (χ0) is 42.7. The lowest BCUT2D eigenvalue weighted by Gasteiger charge is -2.49. The van der Waals surface area contributed by atoms with Gasteiger partial charge >= 0.3 is 0 Å². The van der Waals surface area contributed by atoms with Crippen molar-refractivity contribution in [2.45, 2.75) is 41.4 Å². The van der Waals surface area contributed by atoms with Crippen LogP contribution in [-0.4, -0.2) is 12.5 Å². The van der Waals surface area contributed by atoms with Crippen molar-refractivity contribution in [3.63, 3.8) is 0 Å². The first-order valence-electron chi connectivity index (χ1n) is 22.2. The van der Waals surface area contributed by atoms with E-state index in [4.69, 9.17) is 0 Å². The van der Waals surface area contributed by atoms with Crippen molar-refractivity contribution in [2.75, 3.05) is 17.4 Å². The molecule has 0 fully saturated rings. The molecule has 9 aromatic carbocycles. The van der Waals surface area contributed by atoms with Crippen molar-refractivity contribution >= 4 is 27.1 Å². The number of aryl methyl sites for hydroxylation is 1. The first-order valence-corrected chi connectivity index (χ1v) is 24.6. The molecule has 2 heteroatoms. The topological polar surface area (TPSA) is 3.24 Å². The van der Waals surface area contributed by atoms with E-state index in [1.165, 1.54) is 98.9 Å². The quantitative estimate of drug-likeness (QED) is 0.167. The largest absolute Gasteiger partial charge is 0.310 e. The van der Waals surface area contributed by atoms with Gasteiger partial charge in [0.25, 0.3) is 0 Å². The molecular weight excluding hydrogens is 779 g/mol. The van der Waals surface area contributed by atoms with Crippen molar-refractivity contribution in [2.24, 2.45) is 0 Å². The monoisotopic (exact) mass is 827 g/mol. The van der Waals surface area contributed by atoms with Gasteiger partial charge in [-0.15, -0.1) is 0 Å². The van der Waals surface area contributed by atoms with Gasteiger partial charge in [-0.2, -0.15) is 10.0 Å². The van der Waals surface area contributed by atoms with E-state index in [1.807, 2.05) is 0 Å². The summed E-state index contributed by atoms with van der Waals surface area (Å²) in [5, 5.41) is 0. The van der Waals surface area contributed by atoms with E-state index in [-0.39, 0.29) is 5.41 Å². The van der Waals surface area contributed by atoms with E-state index in [9.17, 15) is 0 Å². The second-order valence-corrected chi connectivity index (χ2v) is 22.1. The third-order valence-corrected chi connectivity index (χ3v) is 17.5. The summed E-state index contributed by atoms with van der Waals surface area (Å²) >= 11 is 0. The van der Waals surface area contributed by atoms with E-state index < -0.39 is 15.4 Å². The Kier molecular flexibility index (Phi) is 8.30. The Balaban J connectivity index is 1.07. The van der Waals surface area contributed by atoms with Gasteiger partial charge in [-0.05, 0) is 161 Å². The third kappa shape index (κ3) is 5.38. The smallest absolute Gasteiger partial charge is 0.0735 e. The molecule has 0 aromatic heterocycles. The van der Waals surface area contributed by atoms with Crippen LogP contribution >= 0.6 is 10.0 Å². The van der Waals surface area contributed by atoms with Crippen molar-refractivity contribution in [3.8, 4) is 44.5 Å². The van der Waals surface area contributed by atoms with Gasteiger partial charge in [0.1, 0.15) is 0 Å². The van der Waals surface area contributed by atoms with Crippen LogP contribution in [0.25, 0.3) is 44.5 Å². The molecule has 0 bridgehead atoms. The van der Waals surface area contributed by atoms with E-state index in [0.717, 1.165) is 11.4 Å². The number of hydrogen-bond donors (Lipinski definition) is 0. The van der Waals surface area contributed by atoms with Crippen LogP contribution in [0.1, 0.15) is 52.8 Å².